The van der Waals surface area contributed by atoms with Gasteiger partial charge in [-0.3, -0.25) is 0 Å². The smallest absolute Gasteiger partial charge is 0.0965 e. The highest BCUT2D eigenvalue weighted by Gasteiger charge is 2.22. The first-order chi connectivity index (χ1) is 6.38. The van der Waals surface area contributed by atoms with E-state index in [4.69, 9.17) is 9.47 Å². The van der Waals surface area contributed by atoms with Gasteiger partial charge in [0, 0.05) is 6.04 Å². The lowest BCUT2D eigenvalue weighted by atomic mass is 10.1. The van der Waals surface area contributed by atoms with Crippen LogP contribution in [0.3, 0.4) is 0 Å². The van der Waals surface area contributed by atoms with E-state index in [-0.39, 0.29) is 6.10 Å². The van der Waals surface area contributed by atoms with Crippen molar-refractivity contribution < 1.29 is 9.47 Å². The Morgan fingerprint density at radius 2 is 2.46 bits per heavy atom. The van der Waals surface area contributed by atoms with Crippen molar-refractivity contribution in [3.63, 3.8) is 0 Å². The topological polar surface area (TPSA) is 30.5 Å². The molecule has 1 aliphatic heterocycles. The standard InChI is InChI=1S/C10H19NO2/c1-3-5-9(11-4-2)10-8-12-6-7-13-10/h3,9-11H,1,4-8H2,2H3. The quantitative estimate of drug-likeness (QED) is 0.647. The van der Waals surface area contributed by atoms with Gasteiger partial charge in [-0.25, -0.2) is 0 Å². The molecule has 1 N–H and O–H groups in total. The van der Waals surface area contributed by atoms with E-state index in [9.17, 15) is 0 Å². The number of ether oxygens (including phenoxy) is 2. The van der Waals surface area contributed by atoms with Crippen LogP contribution in [0.25, 0.3) is 0 Å². The van der Waals surface area contributed by atoms with Gasteiger partial charge in [0.25, 0.3) is 0 Å². The molecule has 0 saturated carbocycles. The summed E-state index contributed by atoms with van der Waals surface area (Å²) >= 11 is 0. The summed E-state index contributed by atoms with van der Waals surface area (Å²) in [5, 5.41) is 3.38. The van der Waals surface area contributed by atoms with Crippen LogP contribution in [-0.2, 0) is 9.47 Å². The van der Waals surface area contributed by atoms with Crippen molar-refractivity contribution in [1.82, 2.24) is 5.32 Å². The van der Waals surface area contributed by atoms with E-state index in [0.717, 1.165) is 19.6 Å². The van der Waals surface area contributed by atoms with Gasteiger partial charge in [0.15, 0.2) is 0 Å². The van der Waals surface area contributed by atoms with Gasteiger partial charge in [-0.1, -0.05) is 13.0 Å². The zero-order valence-corrected chi connectivity index (χ0v) is 8.29. The molecule has 0 aliphatic carbocycles. The predicted molar refractivity (Wildman–Crippen MR) is 52.8 cm³/mol. The SMILES string of the molecule is C=CCC(NCC)C1COCCO1. The molecule has 0 spiro atoms. The molecule has 1 heterocycles. The zero-order valence-electron chi connectivity index (χ0n) is 8.29. The van der Waals surface area contributed by atoms with Crippen molar-refractivity contribution in [2.24, 2.45) is 0 Å². The highest BCUT2D eigenvalue weighted by atomic mass is 16.6. The molecule has 0 amide bonds. The summed E-state index contributed by atoms with van der Waals surface area (Å²) in [6, 6.07) is 0.350. The van der Waals surface area contributed by atoms with Crippen LogP contribution in [0.2, 0.25) is 0 Å². The summed E-state index contributed by atoms with van der Waals surface area (Å²) in [5.74, 6) is 0. The Morgan fingerprint density at radius 1 is 1.62 bits per heavy atom. The maximum Gasteiger partial charge on any atom is 0.0965 e. The van der Waals surface area contributed by atoms with Crippen LogP contribution in [-0.4, -0.2) is 38.5 Å². The molecule has 3 heteroatoms. The Hall–Kier alpha value is -0.380. The number of rotatable bonds is 5. The second-order valence-electron chi connectivity index (χ2n) is 3.17. The summed E-state index contributed by atoms with van der Waals surface area (Å²) < 4.78 is 11.0. The summed E-state index contributed by atoms with van der Waals surface area (Å²) in [7, 11) is 0. The van der Waals surface area contributed by atoms with Crippen LogP contribution in [0.15, 0.2) is 12.7 Å². The fourth-order valence-electron chi connectivity index (χ4n) is 1.55. The molecule has 0 bridgehead atoms. The van der Waals surface area contributed by atoms with Gasteiger partial charge in [-0.15, -0.1) is 6.58 Å². The van der Waals surface area contributed by atoms with Crippen molar-refractivity contribution in [1.29, 1.82) is 0 Å². The predicted octanol–water partition coefficient (Wildman–Crippen LogP) is 0.956. The summed E-state index contributed by atoms with van der Waals surface area (Å²) in [5.41, 5.74) is 0. The number of likely N-dealkylation sites (N-methyl/N-ethyl adjacent to an activating group) is 1. The van der Waals surface area contributed by atoms with Crippen molar-refractivity contribution in [2.75, 3.05) is 26.4 Å². The van der Waals surface area contributed by atoms with E-state index in [0.29, 0.717) is 19.3 Å². The lowest BCUT2D eigenvalue weighted by Gasteiger charge is -2.30. The minimum Gasteiger partial charge on any atom is -0.376 e. The van der Waals surface area contributed by atoms with Gasteiger partial charge in [-0.05, 0) is 13.0 Å². The van der Waals surface area contributed by atoms with Crippen LogP contribution in [0.4, 0.5) is 0 Å². The average Bonchev–Trinajstić information content (AvgIpc) is 2.19. The molecule has 13 heavy (non-hydrogen) atoms. The van der Waals surface area contributed by atoms with Crippen molar-refractivity contribution in [3.05, 3.63) is 12.7 Å². The molecule has 1 saturated heterocycles. The maximum absolute atomic E-state index is 5.61. The third-order valence-corrected chi connectivity index (χ3v) is 2.18. The molecule has 0 aromatic heterocycles. The molecule has 0 radical (unpaired) electrons. The summed E-state index contributed by atoms with van der Waals surface area (Å²) in [6.45, 7) is 8.93. The Morgan fingerprint density at radius 3 is 3.00 bits per heavy atom. The molecular weight excluding hydrogens is 166 g/mol. The lowest BCUT2D eigenvalue weighted by Crippen LogP contribution is -2.46. The van der Waals surface area contributed by atoms with Crippen LogP contribution < -0.4 is 5.32 Å². The van der Waals surface area contributed by atoms with Gasteiger partial charge in [-0.2, -0.15) is 0 Å². The Balaban J connectivity index is 2.36. The average molecular weight is 185 g/mol. The van der Waals surface area contributed by atoms with Gasteiger partial charge >= 0.3 is 0 Å². The van der Waals surface area contributed by atoms with E-state index in [2.05, 4.69) is 18.8 Å². The van der Waals surface area contributed by atoms with Crippen molar-refractivity contribution >= 4 is 0 Å². The first-order valence-corrected chi connectivity index (χ1v) is 4.92. The van der Waals surface area contributed by atoms with Crippen LogP contribution in [0.1, 0.15) is 13.3 Å². The Labute approximate surface area is 80.1 Å². The van der Waals surface area contributed by atoms with Gasteiger partial charge < -0.3 is 14.8 Å². The molecule has 2 unspecified atom stereocenters. The molecule has 2 atom stereocenters. The minimum absolute atomic E-state index is 0.187. The van der Waals surface area contributed by atoms with E-state index in [1.165, 1.54) is 0 Å². The van der Waals surface area contributed by atoms with E-state index in [1.54, 1.807) is 0 Å². The second-order valence-corrected chi connectivity index (χ2v) is 3.17. The van der Waals surface area contributed by atoms with E-state index in [1.807, 2.05) is 6.08 Å². The molecule has 1 fully saturated rings. The first-order valence-electron chi connectivity index (χ1n) is 4.92. The fraction of sp³-hybridized carbons (Fsp3) is 0.800. The van der Waals surface area contributed by atoms with E-state index < -0.39 is 0 Å². The largest absolute Gasteiger partial charge is 0.376 e. The summed E-state index contributed by atoms with van der Waals surface area (Å²) in [4.78, 5) is 0. The van der Waals surface area contributed by atoms with Crippen LogP contribution >= 0.6 is 0 Å². The normalized spacial score (nSPS) is 25.5. The molecule has 0 aromatic carbocycles. The molecule has 1 rings (SSSR count). The van der Waals surface area contributed by atoms with Crippen LogP contribution in [0, 0.1) is 0 Å². The minimum atomic E-state index is 0.187. The highest BCUT2D eigenvalue weighted by molar-refractivity contribution is 4.85. The third kappa shape index (κ3) is 3.46. The number of hydrogen-bond donors (Lipinski definition) is 1. The lowest BCUT2D eigenvalue weighted by molar-refractivity contribution is -0.101. The van der Waals surface area contributed by atoms with Gasteiger partial charge in [0.2, 0.25) is 0 Å². The van der Waals surface area contributed by atoms with Crippen LogP contribution in [0.5, 0.6) is 0 Å². The third-order valence-electron chi connectivity index (χ3n) is 2.18. The second kappa shape index (κ2) is 6.13. The molecule has 1 aliphatic rings. The molecule has 76 valence electrons. The molecule has 0 aromatic rings. The number of hydrogen-bond acceptors (Lipinski definition) is 3. The number of nitrogens with one attached hydrogen (secondary N) is 1. The van der Waals surface area contributed by atoms with Crippen molar-refractivity contribution in [3.8, 4) is 0 Å². The highest BCUT2D eigenvalue weighted by Crippen LogP contribution is 2.09. The van der Waals surface area contributed by atoms with E-state index >= 15 is 0 Å². The van der Waals surface area contributed by atoms with Gasteiger partial charge in [0.1, 0.15) is 0 Å². The Bertz CT molecular complexity index is 144. The maximum atomic E-state index is 5.61. The van der Waals surface area contributed by atoms with Gasteiger partial charge in [0.05, 0.1) is 25.9 Å². The monoisotopic (exact) mass is 185 g/mol. The first kappa shape index (κ1) is 10.7. The summed E-state index contributed by atoms with van der Waals surface area (Å²) in [6.07, 6.45) is 3.04. The molecular formula is C10H19NO2. The Kier molecular flexibility index (Phi) is 5.05. The fourth-order valence-corrected chi connectivity index (χ4v) is 1.55. The zero-order chi connectivity index (χ0) is 9.52. The molecule has 3 nitrogen and oxygen atoms in total. The van der Waals surface area contributed by atoms with Crippen molar-refractivity contribution in [2.45, 2.75) is 25.5 Å².